The Kier molecular flexibility index (Phi) is 9.42. The maximum Gasteiger partial charge on any atom is 0.339 e. The smallest absolute Gasteiger partial charge is 0.339 e. The topological polar surface area (TPSA) is 160 Å². The summed E-state index contributed by atoms with van der Waals surface area (Å²) in [5, 5.41) is 0. The molecule has 0 heterocycles. The largest absolute Gasteiger partial charge is 0.460 e. The van der Waals surface area contributed by atoms with E-state index in [-0.39, 0.29) is 36.5 Å². The van der Waals surface area contributed by atoms with Crippen molar-refractivity contribution < 1.29 is 51.1 Å². The molecule has 2 aromatic carbocycles. The second kappa shape index (κ2) is 12.0. The first kappa shape index (κ1) is 26.6. The van der Waals surface area contributed by atoms with Crippen molar-refractivity contribution in [2.45, 2.75) is 11.8 Å². The van der Waals surface area contributed by atoms with E-state index >= 15 is 0 Å². The Bertz CT molecular complexity index is 1170. The standard InChI is InChI=1S/C22H22O11S/c1-14(23)17-7-8-19(34(27,28)29)18(13-17)22(26)33-12-11-32-21(25)16-5-3-15(4-6-16)20(24)31-10-9-30-2/h3-8,13H,9-12H2,1-2H3,(H,27,28,29). The molecule has 0 amide bonds. The summed E-state index contributed by atoms with van der Waals surface area (Å²) in [6.45, 7) is 0.763. The minimum atomic E-state index is -4.75. The van der Waals surface area contributed by atoms with Gasteiger partial charge in [0.05, 0.1) is 23.3 Å². The van der Waals surface area contributed by atoms with Gasteiger partial charge in [0.2, 0.25) is 0 Å². The molecule has 0 aromatic heterocycles. The van der Waals surface area contributed by atoms with Crippen LogP contribution in [0, 0.1) is 0 Å². The van der Waals surface area contributed by atoms with Crippen LogP contribution in [-0.4, -0.2) is 70.2 Å². The monoisotopic (exact) mass is 494 g/mol. The zero-order chi connectivity index (χ0) is 25.3. The van der Waals surface area contributed by atoms with Crippen molar-refractivity contribution in [3.05, 3.63) is 64.7 Å². The van der Waals surface area contributed by atoms with Crippen LogP contribution in [0.15, 0.2) is 47.4 Å². The van der Waals surface area contributed by atoms with E-state index in [2.05, 4.69) is 0 Å². The van der Waals surface area contributed by atoms with E-state index in [9.17, 15) is 32.1 Å². The van der Waals surface area contributed by atoms with E-state index in [0.717, 1.165) is 18.2 Å². The molecule has 2 rings (SSSR count). The van der Waals surface area contributed by atoms with Gasteiger partial charge in [-0.3, -0.25) is 9.35 Å². The molecular formula is C22H22O11S. The maximum absolute atomic E-state index is 12.3. The number of rotatable bonds is 11. The summed E-state index contributed by atoms with van der Waals surface area (Å²) in [6.07, 6.45) is 0. The van der Waals surface area contributed by atoms with Gasteiger partial charge < -0.3 is 18.9 Å². The Morgan fingerprint density at radius 1 is 0.735 bits per heavy atom. The second-order valence-corrected chi connectivity index (χ2v) is 8.11. The summed E-state index contributed by atoms with van der Waals surface area (Å²) in [4.78, 5) is 47.0. The minimum Gasteiger partial charge on any atom is -0.460 e. The fourth-order valence-corrected chi connectivity index (χ4v) is 3.27. The summed E-state index contributed by atoms with van der Waals surface area (Å²) < 4.78 is 51.9. The molecule has 0 unspecified atom stereocenters. The molecule has 0 saturated carbocycles. The molecule has 0 spiro atoms. The number of hydrogen-bond donors (Lipinski definition) is 1. The lowest BCUT2D eigenvalue weighted by Crippen LogP contribution is -2.17. The lowest BCUT2D eigenvalue weighted by atomic mass is 10.1. The van der Waals surface area contributed by atoms with Crippen LogP contribution in [0.5, 0.6) is 0 Å². The van der Waals surface area contributed by atoms with Crippen molar-refractivity contribution in [3.63, 3.8) is 0 Å². The lowest BCUT2D eigenvalue weighted by Gasteiger charge is -2.10. The summed E-state index contributed by atoms with van der Waals surface area (Å²) >= 11 is 0. The van der Waals surface area contributed by atoms with Crippen LogP contribution in [0.25, 0.3) is 0 Å². The van der Waals surface area contributed by atoms with Crippen molar-refractivity contribution in [2.24, 2.45) is 0 Å². The highest BCUT2D eigenvalue weighted by atomic mass is 32.2. The molecule has 12 heteroatoms. The van der Waals surface area contributed by atoms with E-state index in [0.29, 0.717) is 0 Å². The number of benzene rings is 2. The third-order valence-electron chi connectivity index (χ3n) is 4.31. The first-order valence-electron chi connectivity index (χ1n) is 9.77. The minimum absolute atomic E-state index is 0.0387. The molecule has 0 aliphatic rings. The normalized spacial score (nSPS) is 10.9. The van der Waals surface area contributed by atoms with Gasteiger partial charge >= 0.3 is 17.9 Å². The molecule has 1 N–H and O–H groups in total. The van der Waals surface area contributed by atoms with Crippen molar-refractivity contribution >= 4 is 33.8 Å². The fourth-order valence-electron chi connectivity index (χ4n) is 2.61. The van der Waals surface area contributed by atoms with Gasteiger partial charge in [-0.15, -0.1) is 0 Å². The van der Waals surface area contributed by atoms with Crippen molar-refractivity contribution in [2.75, 3.05) is 33.5 Å². The molecule has 0 fully saturated rings. The average Bonchev–Trinajstić information content (AvgIpc) is 2.80. The quantitative estimate of drug-likeness (QED) is 0.160. The Morgan fingerprint density at radius 2 is 1.18 bits per heavy atom. The van der Waals surface area contributed by atoms with Crippen LogP contribution in [0.2, 0.25) is 0 Å². The molecule has 0 atom stereocenters. The van der Waals surface area contributed by atoms with E-state index in [1.807, 2.05) is 0 Å². The number of ketones is 1. The van der Waals surface area contributed by atoms with Gasteiger partial charge in [0, 0.05) is 12.7 Å². The predicted octanol–water partition coefficient (Wildman–Crippen LogP) is 1.95. The highest BCUT2D eigenvalue weighted by Gasteiger charge is 2.23. The molecule has 0 radical (unpaired) electrons. The van der Waals surface area contributed by atoms with Gasteiger partial charge in [0.15, 0.2) is 5.78 Å². The zero-order valence-electron chi connectivity index (χ0n) is 18.3. The highest BCUT2D eigenvalue weighted by Crippen LogP contribution is 2.19. The zero-order valence-corrected chi connectivity index (χ0v) is 19.1. The SMILES string of the molecule is COCCOC(=O)c1ccc(C(=O)OCCOC(=O)c2cc(C(C)=O)ccc2S(=O)(=O)O)cc1. The van der Waals surface area contributed by atoms with Gasteiger partial charge in [-0.05, 0) is 49.4 Å². The Hall–Kier alpha value is -3.61. The summed E-state index contributed by atoms with van der Waals surface area (Å²) in [7, 11) is -3.28. The molecule has 0 saturated heterocycles. The van der Waals surface area contributed by atoms with Gasteiger partial charge in [0.25, 0.3) is 10.1 Å². The number of ether oxygens (including phenoxy) is 4. The van der Waals surface area contributed by atoms with E-state index < -0.39 is 50.9 Å². The van der Waals surface area contributed by atoms with Crippen LogP contribution in [0.3, 0.4) is 0 Å². The second-order valence-electron chi connectivity index (χ2n) is 6.72. The Morgan fingerprint density at radius 3 is 1.62 bits per heavy atom. The van der Waals surface area contributed by atoms with E-state index in [4.69, 9.17) is 18.9 Å². The highest BCUT2D eigenvalue weighted by molar-refractivity contribution is 7.86. The number of hydrogen-bond acceptors (Lipinski definition) is 10. The molecule has 0 aliphatic carbocycles. The third-order valence-corrected chi connectivity index (χ3v) is 5.22. The van der Waals surface area contributed by atoms with Gasteiger partial charge in [-0.1, -0.05) is 0 Å². The molecular weight excluding hydrogens is 472 g/mol. The summed E-state index contributed by atoms with van der Waals surface area (Å²) in [5.41, 5.74) is -0.141. The Labute approximate surface area is 195 Å². The van der Waals surface area contributed by atoms with E-state index in [1.165, 1.54) is 38.3 Å². The van der Waals surface area contributed by atoms with Crippen molar-refractivity contribution in [1.82, 2.24) is 0 Å². The van der Waals surface area contributed by atoms with Gasteiger partial charge in [-0.2, -0.15) is 8.42 Å². The van der Waals surface area contributed by atoms with Gasteiger partial charge in [-0.25, -0.2) is 14.4 Å². The molecule has 0 aliphatic heterocycles. The number of esters is 3. The number of Topliss-reactive ketones (excluding diaryl/α,β-unsaturated/α-hetero) is 1. The third kappa shape index (κ3) is 7.47. The number of carbonyl (C=O) groups excluding carboxylic acids is 4. The van der Waals surface area contributed by atoms with Gasteiger partial charge in [0.1, 0.15) is 24.7 Å². The van der Waals surface area contributed by atoms with Crippen LogP contribution < -0.4 is 0 Å². The van der Waals surface area contributed by atoms with Crippen LogP contribution in [-0.2, 0) is 29.1 Å². The summed E-state index contributed by atoms with van der Waals surface area (Å²) in [5.74, 6) is -2.91. The van der Waals surface area contributed by atoms with Crippen LogP contribution >= 0.6 is 0 Å². The maximum atomic E-state index is 12.3. The van der Waals surface area contributed by atoms with Crippen LogP contribution in [0.4, 0.5) is 0 Å². The van der Waals surface area contributed by atoms with Crippen molar-refractivity contribution in [3.8, 4) is 0 Å². The van der Waals surface area contributed by atoms with Crippen LogP contribution in [0.1, 0.15) is 48.4 Å². The molecule has 0 bridgehead atoms. The molecule has 34 heavy (non-hydrogen) atoms. The predicted molar refractivity (Wildman–Crippen MR) is 115 cm³/mol. The first-order chi connectivity index (χ1) is 16.0. The Balaban J connectivity index is 1.93. The molecule has 182 valence electrons. The number of carbonyl (C=O) groups is 4. The summed E-state index contributed by atoms with van der Waals surface area (Å²) in [6, 6.07) is 8.52. The average molecular weight is 494 g/mol. The number of methoxy groups -OCH3 is 1. The molecule has 11 nitrogen and oxygen atoms in total. The first-order valence-corrected chi connectivity index (χ1v) is 11.2. The van der Waals surface area contributed by atoms with E-state index in [1.54, 1.807) is 0 Å². The van der Waals surface area contributed by atoms with Crippen molar-refractivity contribution in [1.29, 1.82) is 0 Å². The molecule has 2 aromatic rings. The fraction of sp³-hybridized carbons (Fsp3) is 0.273. The lowest BCUT2D eigenvalue weighted by molar-refractivity contribution is 0.0263.